The summed E-state index contributed by atoms with van der Waals surface area (Å²) in [5, 5.41) is 9.42. The van der Waals surface area contributed by atoms with E-state index in [-0.39, 0.29) is 6.04 Å². The molecule has 1 N–H and O–H groups in total. The number of likely N-dealkylation sites (tertiary alicyclic amines) is 1. The number of nitrogens with zero attached hydrogens (tertiary/aromatic N) is 3. The molecule has 2 atom stereocenters. The molecule has 1 fully saturated rings. The number of hydrogen-bond acceptors (Lipinski definition) is 3. The molecule has 1 aliphatic rings. The third kappa shape index (κ3) is 2.78. The van der Waals surface area contributed by atoms with Crippen LogP contribution in [-0.4, -0.2) is 37.9 Å². The van der Waals surface area contributed by atoms with Crippen LogP contribution in [-0.2, 0) is 11.3 Å². The molecule has 1 aliphatic heterocycles. The molecule has 0 spiro atoms. The smallest absolute Gasteiger partial charge is 0.320 e. The minimum atomic E-state index is -0.721. The van der Waals surface area contributed by atoms with E-state index in [0.717, 1.165) is 36.3 Å². The van der Waals surface area contributed by atoms with Gasteiger partial charge in [-0.15, -0.1) is 0 Å². The molecule has 2 aromatic heterocycles. The SMILES string of the molecule is Cc1cccn2cc(CN3CCC(C)CC3C(=O)O)nc12. The highest BCUT2D eigenvalue weighted by Crippen LogP contribution is 2.24. The van der Waals surface area contributed by atoms with Crippen molar-refractivity contribution >= 4 is 11.6 Å². The summed E-state index contributed by atoms with van der Waals surface area (Å²) in [6, 6.07) is 3.64. The number of piperidine rings is 1. The van der Waals surface area contributed by atoms with Gasteiger partial charge in [-0.3, -0.25) is 9.69 Å². The summed E-state index contributed by atoms with van der Waals surface area (Å²) in [7, 11) is 0. The number of aromatic nitrogens is 2. The second kappa shape index (κ2) is 5.48. The molecule has 2 unspecified atom stereocenters. The topological polar surface area (TPSA) is 57.8 Å². The summed E-state index contributed by atoms with van der Waals surface area (Å²) in [6.07, 6.45) is 5.75. The summed E-state index contributed by atoms with van der Waals surface area (Å²) in [6.45, 7) is 5.59. The first kappa shape index (κ1) is 14.1. The lowest BCUT2D eigenvalue weighted by Gasteiger charge is -2.35. The molecule has 0 radical (unpaired) electrons. The van der Waals surface area contributed by atoms with Crippen molar-refractivity contribution in [2.45, 2.75) is 39.3 Å². The lowest BCUT2D eigenvalue weighted by atomic mass is 9.92. The Balaban J connectivity index is 1.83. The predicted molar refractivity (Wildman–Crippen MR) is 80.2 cm³/mol. The standard InChI is InChI=1S/C16H21N3O2/c1-11-5-7-18(14(8-11)16(20)21)9-13-10-19-6-3-4-12(2)15(19)17-13/h3-4,6,10-11,14H,5,7-9H2,1-2H3,(H,20,21). The predicted octanol–water partition coefficient (Wildman–Crippen LogP) is 2.33. The van der Waals surface area contributed by atoms with Gasteiger partial charge < -0.3 is 9.51 Å². The molecule has 112 valence electrons. The van der Waals surface area contributed by atoms with Gasteiger partial charge in [-0.1, -0.05) is 13.0 Å². The minimum Gasteiger partial charge on any atom is -0.480 e. The van der Waals surface area contributed by atoms with E-state index < -0.39 is 5.97 Å². The van der Waals surface area contributed by atoms with Crippen molar-refractivity contribution in [3.63, 3.8) is 0 Å². The number of hydrogen-bond donors (Lipinski definition) is 1. The average Bonchev–Trinajstić information content (AvgIpc) is 2.85. The van der Waals surface area contributed by atoms with Crippen LogP contribution in [0, 0.1) is 12.8 Å². The van der Waals surface area contributed by atoms with Crippen LogP contribution < -0.4 is 0 Å². The number of fused-ring (bicyclic) bond motifs is 1. The summed E-state index contributed by atoms with van der Waals surface area (Å²) in [5.74, 6) is -0.243. The van der Waals surface area contributed by atoms with Crippen LogP contribution in [0.3, 0.4) is 0 Å². The van der Waals surface area contributed by atoms with Crippen LogP contribution in [0.1, 0.15) is 31.0 Å². The number of carboxylic acid groups (broad SMARTS) is 1. The van der Waals surface area contributed by atoms with Gasteiger partial charge in [0.1, 0.15) is 11.7 Å². The van der Waals surface area contributed by atoms with Gasteiger partial charge >= 0.3 is 5.97 Å². The van der Waals surface area contributed by atoms with Gasteiger partial charge in [0, 0.05) is 18.9 Å². The summed E-state index contributed by atoms with van der Waals surface area (Å²) in [5.41, 5.74) is 3.01. The van der Waals surface area contributed by atoms with Gasteiger partial charge in [-0.05, 0) is 43.9 Å². The Labute approximate surface area is 124 Å². The molecule has 3 heterocycles. The first-order chi connectivity index (χ1) is 10.0. The zero-order valence-corrected chi connectivity index (χ0v) is 12.5. The Kier molecular flexibility index (Phi) is 3.68. The Morgan fingerprint density at radius 3 is 3.05 bits per heavy atom. The molecule has 21 heavy (non-hydrogen) atoms. The number of aliphatic carboxylic acids is 1. The van der Waals surface area contributed by atoms with Crippen LogP contribution >= 0.6 is 0 Å². The zero-order valence-electron chi connectivity index (χ0n) is 12.5. The van der Waals surface area contributed by atoms with Crippen molar-refractivity contribution in [2.24, 2.45) is 5.92 Å². The quantitative estimate of drug-likeness (QED) is 0.941. The highest BCUT2D eigenvalue weighted by Gasteiger charge is 2.31. The van der Waals surface area contributed by atoms with Crippen molar-refractivity contribution in [1.29, 1.82) is 0 Å². The first-order valence-electron chi connectivity index (χ1n) is 7.44. The second-order valence-corrected chi connectivity index (χ2v) is 6.11. The molecule has 5 nitrogen and oxygen atoms in total. The van der Waals surface area contributed by atoms with Gasteiger partial charge in [-0.2, -0.15) is 0 Å². The summed E-state index contributed by atoms with van der Waals surface area (Å²) < 4.78 is 2.01. The lowest BCUT2D eigenvalue weighted by molar-refractivity contribution is -0.145. The lowest BCUT2D eigenvalue weighted by Crippen LogP contribution is -2.46. The van der Waals surface area contributed by atoms with E-state index >= 15 is 0 Å². The number of pyridine rings is 1. The Morgan fingerprint density at radius 2 is 2.33 bits per heavy atom. The second-order valence-electron chi connectivity index (χ2n) is 6.11. The Hall–Kier alpha value is -1.88. The molecule has 3 rings (SSSR count). The maximum absolute atomic E-state index is 11.5. The van der Waals surface area contributed by atoms with E-state index in [1.54, 1.807) is 0 Å². The van der Waals surface area contributed by atoms with Gasteiger partial charge in [0.15, 0.2) is 0 Å². The molecule has 1 saturated heterocycles. The van der Waals surface area contributed by atoms with E-state index in [4.69, 9.17) is 0 Å². The van der Waals surface area contributed by atoms with Crippen molar-refractivity contribution in [3.8, 4) is 0 Å². The van der Waals surface area contributed by atoms with E-state index in [0.29, 0.717) is 12.5 Å². The van der Waals surface area contributed by atoms with Crippen LogP contribution in [0.15, 0.2) is 24.5 Å². The maximum Gasteiger partial charge on any atom is 0.320 e. The largest absolute Gasteiger partial charge is 0.480 e. The fourth-order valence-corrected chi connectivity index (χ4v) is 3.13. The molecule has 0 aromatic carbocycles. The number of imidazole rings is 1. The molecular weight excluding hydrogens is 266 g/mol. The molecule has 0 saturated carbocycles. The van der Waals surface area contributed by atoms with Crippen molar-refractivity contribution in [2.75, 3.05) is 6.54 Å². The van der Waals surface area contributed by atoms with Crippen LogP contribution in [0.2, 0.25) is 0 Å². The Morgan fingerprint density at radius 1 is 1.52 bits per heavy atom. The normalized spacial score (nSPS) is 23.5. The van der Waals surface area contributed by atoms with E-state index in [1.807, 2.05) is 40.8 Å². The van der Waals surface area contributed by atoms with Gasteiger partial charge in [0.05, 0.1) is 5.69 Å². The number of carbonyl (C=O) groups is 1. The number of carboxylic acids is 1. The minimum absolute atomic E-state index is 0.389. The maximum atomic E-state index is 11.5. The van der Waals surface area contributed by atoms with E-state index in [2.05, 4.69) is 11.9 Å². The summed E-state index contributed by atoms with van der Waals surface area (Å²) >= 11 is 0. The first-order valence-corrected chi connectivity index (χ1v) is 7.44. The number of rotatable bonds is 3. The van der Waals surface area contributed by atoms with Crippen molar-refractivity contribution in [1.82, 2.24) is 14.3 Å². The molecular formula is C16H21N3O2. The van der Waals surface area contributed by atoms with E-state index in [9.17, 15) is 9.90 Å². The summed E-state index contributed by atoms with van der Waals surface area (Å²) in [4.78, 5) is 18.1. The van der Waals surface area contributed by atoms with Gasteiger partial charge in [-0.25, -0.2) is 4.98 Å². The fourth-order valence-electron chi connectivity index (χ4n) is 3.13. The van der Waals surface area contributed by atoms with Crippen LogP contribution in [0.4, 0.5) is 0 Å². The third-order valence-corrected chi connectivity index (χ3v) is 4.35. The number of aryl methyl sites for hydroxylation is 1. The molecule has 5 heteroatoms. The van der Waals surface area contributed by atoms with Crippen LogP contribution in [0.25, 0.3) is 5.65 Å². The molecule has 0 amide bonds. The van der Waals surface area contributed by atoms with E-state index in [1.165, 1.54) is 0 Å². The molecule has 2 aromatic rings. The van der Waals surface area contributed by atoms with Crippen molar-refractivity contribution < 1.29 is 9.90 Å². The van der Waals surface area contributed by atoms with Gasteiger partial charge in [0.2, 0.25) is 0 Å². The highest BCUT2D eigenvalue weighted by atomic mass is 16.4. The molecule has 0 aliphatic carbocycles. The fraction of sp³-hybridized carbons (Fsp3) is 0.500. The van der Waals surface area contributed by atoms with Crippen molar-refractivity contribution in [3.05, 3.63) is 35.8 Å². The third-order valence-electron chi connectivity index (χ3n) is 4.35. The molecule has 0 bridgehead atoms. The zero-order chi connectivity index (χ0) is 15.0. The Bertz CT molecular complexity index is 665. The van der Waals surface area contributed by atoms with Crippen LogP contribution in [0.5, 0.6) is 0 Å². The monoisotopic (exact) mass is 287 g/mol. The highest BCUT2D eigenvalue weighted by molar-refractivity contribution is 5.73. The van der Waals surface area contributed by atoms with Gasteiger partial charge in [0.25, 0.3) is 0 Å². The average molecular weight is 287 g/mol.